The second kappa shape index (κ2) is 5.31. The van der Waals surface area contributed by atoms with E-state index in [1.165, 1.54) is 0 Å². The van der Waals surface area contributed by atoms with Crippen LogP contribution in [-0.4, -0.2) is 27.9 Å². The van der Waals surface area contributed by atoms with Gasteiger partial charge in [0.15, 0.2) is 0 Å². The standard InChI is InChI=1S/C12H15N5O/c1-13-12(18)9-4-3-5-10(6-9)14-7-11-8-15-16-17(11)2/h3-6,8,14H,7H2,1-2H3,(H,13,18). The molecule has 0 saturated heterocycles. The molecule has 0 bridgehead atoms. The third kappa shape index (κ3) is 2.65. The van der Waals surface area contributed by atoms with Crippen molar-refractivity contribution in [2.75, 3.05) is 12.4 Å². The number of benzene rings is 1. The molecule has 0 radical (unpaired) electrons. The first-order chi connectivity index (χ1) is 8.70. The van der Waals surface area contributed by atoms with E-state index in [4.69, 9.17) is 0 Å². The van der Waals surface area contributed by atoms with Crippen LogP contribution in [0.2, 0.25) is 0 Å². The molecule has 6 heteroatoms. The first-order valence-corrected chi connectivity index (χ1v) is 5.60. The smallest absolute Gasteiger partial charge is 0.251 e. The predicted octanol–water partition coefficient (Wildman–Crippen LogP) is 0.787. The Bertz CT molecular complexity index is 549. The van der Waals surface area contributed by atoms with E-state index in [0.717, 1.165) is 11.4 Å². The predicted molar refractivity (Wildman–Crippen MR) is 68.2 cm³/mol. The number of carbonyl (C=O) groups excluding carboxylic acids is 1. The number of hydrogen-bond donors (Lipinski definition) is 2. The fraction of sp³-hybridized carbons (Fsp3) is 0.250. The van der Waals surface area contributed by atoms with Crippen molar-refractivity contribution in [1.82, 2.24) is 20.3 Å². The van der Waals surface area contributed by atoms with E-state index in [0.29, 0.717) is 12.1 Å². The van der Waals surface area contributed by atoms with E-state index in [9.17, 15) is 4.79 Å². The Morgan fingerprint density at radius 3 is 2.94 bits per heavy atom. The lowest BCUT2D eigenvalue weighted by molar-refractivity contribution is 0.0963. The number of carbonyl (C=O) groups is 1. The van der Waals surface area contributed by atoms with Gasteiger partial charge in [-0.3, -0.25) is 9.48 Å². The summed E-state index contributed by atoms with van der Waals surface area (Å²) in [7, 11) is 3.45. The molecule has 94 valence electrons. The zero-order chi connectivity index (χ0) is 13.0. The first kappa shape index (κ1) is 12.1. The van der Waals surface area contributed by atoms with Gasteiger partial charge in [-0.25, -0.2) is 0 Å². The van der Waals surface area contributed by atoms with Crippen LogP contribution in [0.4, 0.5) is 5.69 Å². The van der Waals surface area contributed by atoms with Crippen molar-refractivity contribution in [3.63, 3.8) is 0 Å². The first-order valence-electron chi connectivity index (χ1n) is 5.60. The Morgan fingerprint density at radius 1 is 1.44 bits per heavy atom. The van der Waals surface area contributed by atoms with Gasteiger partial charge in [-0.2, -0.15) is 0 Å². The van der Waals surface area contributed by atoms with Crippen molar-refractivity contribution in [2.24, 2.45) is 7.05 Å². The van der Waals surface area contributed by atoms with Crippen LogP contribution < -0.4 is 10.6 Å². The molecule has 6 nitrogen and oxygen atoms in total. The van der Waals surface area contributed by atoms with Crippen LogP contribution >= 0.6 is 0 Å². The van der Waals surface area contributed by atoms with Crippen molar-refractivity contribution in [3.8, 4) is 0 Å². The molecular weight excluding hydrogens is 230 g/mol. The molecule has 1 amide bonds. The number of hydrogen-bond acceptors (Lipinski definition) is 4. The summed E-state index contributed by atoms with van der Waals surface area (Å²) < 4.78 is 1.70. The average molecular weight is 245 g/mol. The van der Waals surface area contributed by atoms with Crippen molar-refractivity contribution in [1.29, 1.82) is 0 Å². The maximum Gasteiger partial charge on any atom is 0.251 e. The zero-order valence-electron chi connectivity index (χ0n) is 10.3. The van der Waals surface area contributed by atoms with Gasteiger partial charge in [0.1, 0.15) is 0 Å². The van der Waals surface area contributed by atoms with Crippen molar-refractivity contribution in [2.45, 2.75) is 6.54 Å². The molecule has 1 heterocycles. The largest absolute Gasteiger partial charge is 0.379 e. The average Bonchev–Trinajstić information content (AvgIpc) is 2.81. The van der Waals surface area contributed by atoms with Crippen LogP contribution in [0, 0.1) is 0 Å². The van der Waals surface area contributed by atoms with Gasteiger partial charge < -0.3 is 10.6 Å². The molecule has 2 N–H and O–H groups in total. The molecule has 0 atom stereocenters. The normalized spacial score (nSPS) is 10.1. The van der Waals surface area contributed by atoms with Crippen LogP contribution in [0.1, 0.15) is 16.1 Å². The molecule has 0 fully saturated rings. The third-order valence-electron chi connectivity index (χ3n) is 2.63. The minimum Gasteiger partial charge on any atom is -0.379 e. The summed E-state index contributed by atoms with van der Waals surface area (Å²) in [6.07, 6.45) is 1.70. The van der Waals surface area contributed by atoms with E-state index >= 15 is 0 Å². The Kier molecular flexibility index (Phi) is 3.57. The lowest BCUT2D eigenvalue weighted by Crippen LogP contribution is -2.17. The number of nitrogens with one attached hydrogen (secondary N) is 2. The summed E-state index contributed by atoms with van der Waals surface area (Å²) in [6, 6.07) is 7.34. The monoisotopic (exact) mass is 245 g/mol. The fourth-order valence-electron chi connectivity index (χ4n) is 1.58. The van der Waals surface area contributed by atoms with Gasteiger partial charge >= 0.3 is 0 Å². The minimum absolute atomic E-state index is 0.0964. The highest BCUT2D eigenvalue weighted by Gasteiger charge is 2.04. The minimum atomic E-state index is -0.0964. The second-order valence-electron chi connectivity index (χ2n) is 3.86. The summed E-state index contributed by atoms with van der Waals surface area (Å²) in [5.41, 5.74) is 2.49. The van der Waals surface area contributed by atoms with E-state index in [2.05, 4.69) is 20.9 Å². The maximum atomic E-state index is 11.5. The molecule has 2 aromatic rings. The van der Waals surface area contributed by atoms with Crippen LogP contribution in [-0.2, 0) is 13.6 Å². The Labute approximate surface area is 105 Å². The molecule has 0 aliphatic carbocycles. The number of nitrogens with zero attached hydrogens (tertiary/aromatic N) is 3. The Balaban J connectivity index is 2.06. The number of aromatic nitrogens is 3. The lowest BCUT2D eigenvalue weighted by atomic mass is 10.2. The summed E-state index contributed by atoms with van der Waals surface area (Å²) in [4.78, 5) is 11.5. The number of amides is 1. The van der Waals surface area contributed by atoms with Gasteiger partial charge in [0.2, 0.25) is 0 Å². The molecular formula is C12H15N5O. The molecule has 1 aromatic heterocycles. The number of anilines is 1. The summed E-state index contributed by atoms with van der Waals surface area (Å²) in [6.45, 7) is 0.612. The summed E-state index contributed by atoms with van der Waals surface area (Å²) in [5.74, 6) is -0.0964. The molecule has 0 saturated carbocycles. The van der Waals surface area contributed by atoms with Gasteiger partial charge in [0.25, 0.3) is 5.91 Å². The molecule has 0 aliphatic rings. The summed E-state index contributed by atoms with van der Waals surface area (Å²) in [5, 5.41) is 13.5. The fourth-order valence-corrected chi connectivity index (χ4v) is 1.58. The van der Waals surface area contributed by atoms with Gasteiger partial charge in [0.05, 0.1) is 18.4 Å². The molecule has 0 unspecified atom stereocenters. The number of rotatable bonds is 4. The van der Waals surface area contributed by atoms with Gasteiger partial charge in [-0.05, 0) is 18.2 Å². The zero-order valence-corrected chi connectivity index (χ0v) is 10.3. The highest BCUT2D eigenvalue weighted by atomic mass is 16.1. The van der Waals surface area contributed by atoms with Crippen LogP contribution in [0.3, 0.4) is 0 Å². The number of aryl methyl sites for hydroxylation is 1. The highest BCUT2D eigenvalue weighted by Crippen LogP contribution is 2.11. The highest BCUT2D eigenvalue weighted by molar-refractivity contribution is 5.94. The van der Waals surface area contributed by atoms with E-state index in [-0.39, 0.29) is 5.91 Å². The lowest BCUT2D eigenvalue weighted by Gasteiger charge is -2.07. The van der Waals surface area contributed by atoms with E-state index in [1.54, 1.807) is 24.0 Å². The van der Waals surface area contributed by atoms with Crippen molar-refractivity contribution < 1.29 is 4.79 Å². The third-order valence-corrected chi connectivity index (χ3v) is 2.63. The quantitative estimate of drug-likeness (QED) is 0.835. The van der Waals surface area contributed by atoms with Gasteiger partial charge in [0, 0.05) is 25.3 Å². The van der Waals surface area contributed by atoms with E-state index in [1.807, 2.05) is 25.2 Å². The molecule has 0 aliphatic heterocycles. The van der Waals surface area contributed by atoms with Crippen LogP contribution in [0.25, 0.3) is 0 Å². The Morgan fingerprint density at radius 2 is 2.28 bits per heavy atom. The van der Waals surface area contributed by atoms with Crippen LogP contribution in [0.5, 0.6) is 0 Å². The SMILES string of the molecule is CNC(=O)c1cccc(NCc2cnnn2C)c1. The molecule has 1 aromatic carbocycles. The van der Waals surface area contributed by atoms with Crippen molar-refractivity contribution >= 4 is 11.6 Å². The van der Waals surface area contributed by atoms with E-state index < -0.39 is 0 Å². The van der Waals surface area contributed by atoms with Crippen molar-refractivity contribution in [3.05, 3.63) is 41.7 Å². The van der Waals surface area contributed by atoms with Crippen LogP contribution in [0.15, 0.2) is 30.5 Å². The molecule has 0 spiro atoms. The van der Waals surface area contributed by atoms with Gasteiger partial charge in [-0.1, -0.05) is 11.3 Å². The van der Waals surface area contributed by atoms with Gasteiger partial charge in [-0.15, -0.1) is 5.10 Å². The summed E-state index contributed by atoms with van der Waals surface area (Å²) >= 11 is 0. The topological polar surface area (TPSA) is 71.8 Å². The Hall–Kier alpha value is -2.37. The molecule has 2 rings (SSSR count). The maximum absolute atomic E-state index is 11.5. The molecule has 18 heavy (non-hydrogen) atoms. The second-order valence-corrected chi connectivity index (χ2v) is 3.86.